The van der Waals surface area contributed by atoms with Gasteiger partial charge in [0.15, 0.2) is 10.8 Å². The fraction of sp³-hybridized carbons (Fsp3) is 0.600. The average Bonchev–Trinajstić information content (AvgIpc) is 2.86. The molecule has 1 aliphatic carbocycles. The molecular formula is C10H12ClN3O3. The molecule has 7 heteroatoms. The molecule has 6 nitrogen and oxygen atoms in total. The fourth-order valence-electron chi connectivity index (χ4n) is 2.13. The number of nitrogens with zero attached hydrogens (tertiary/aromatic N) is 3. The summed E-state index contributed by atoms with van der Waals surface area (Å²) in [5, 5.41) is 14.2. The summed E-state index contributed by atoms with van der Waals surface area (Å²) in [5.74, 6) is -0.237. The predicted molar refractivity (Wildman–Crippen MR) is 60.9 cm³/mol. The van der Waals surface area contributed by atoms with Crippen LogP contribution in [0.5, 0.6) is 0 Å². The summed E-state index contributed by atoms with van der Waals surface area (Å²) < 4.78 is 1.25. The Morgan fingerprint density at radius 1 is 1.59 bits per heavy atom. The highest BCUT2D eigenvalue weighted by molar-refractivity contribution is 6.32. The van der Waals surface area contributed by atoms with Crippen LogP contribution < -0.4 is 0 Å². The quantitative estimate of drug-likeness (QED) is 0.612. The molecule has 0 spiro atoms. The van der Waals surface area contributed by atoms with Crippen LogP contribution in [0.25, 0.3) is 0 Å². The van der Waals surface area contributed by atoms with E-state index >= 15 is 0 Å². The average molecular weight is 258 g/mol. The predicted octanol–water partition coefficient (Wildman–Crippen LogP) is 2.20. The molecule has 0 unspecified atom stereocenters. The van der Waals surface area contributed by atoms with E-state index in [1.807, 2.05) is 0 Å². The van der Waals surface area contributed by atoms with Gasteiger partial charge in [0.1, 0.15) is 6.54 Å². The van der Waals surface area contributed by atoms with Gasteiger partial charge in [0, 0.05) is 5.92 Å². The molecule has 1 aromatic rings. The molecule has 1 aromatic heterocycles. The molecule has 92 valence electrons. The molecule has 0 radical (unpaired) electrons. The highest BCUT2D eigenvalue weighted by atomic mass is 35.5. The minimum absolute atomic E-state index is 0.0331. The third kappa shape index (κ3) is 2.63. The van der Waals surface area contributed by atoms with Gasteiger partial charge in [0.05, 0.1) is 11.3 Å². The maximum Gasteiger partial charge on any atom is 0.408 e. The highest BCUT2D eigenvalue weighted by Crippen LogP contribution is 2.26. The zero-order chi connectivity index (χ0) is 12.4. The van der Waals surface area contributed by atoms with E-state index in [4.69, 9.17) is 11.6 Å². The van der Waals surface area contributed by atoms with Gasteiger partial charge in [0.2, 0.25) is 0 Å². The standard InChI is InChI=1S/C10H12ClN3O3/c11-8-5-13(12-10(8)14(16)17)6-9(15)7-3-1-2-4-7/h5,7H,1-4,6H2. The van der Waals surface area contributed by atoms with E-state index < -0.39 is 10.7 Å². The number of Topliss-reactive ketones (excluding diaryl/α,β-unsaturated/α-hetero) is 1. The Morgan fingerprint density at radius 2 is 2.24 bits per heavy atom. The Hall–Kier alpha value is -1.43. The lowest BCUT2D eigenvalue weighted by molar-refractivity contribution is -0.389. The van der Waals surface area contributed by atoms with Gasteiger partial charge in [-0.25, -0.2) is 0 Å². The first-order chi connectivity index (χ1) is 8.08. The Bertz CT molecular complexity index is 452. The van der Waals surface area contributed by atoms with Crippen molar-refractivity contribution in [1.29, 1.82) is 0 Å². The molecule has 17 heavy (non-hydrogen) atoms. The zero-order valence-electron chi connectivity index (χ0n) is 9.13. The molecule has 1 aliphatic rings. The molecule has 0 aliphatic heterocycles. The number of hydrogen-bond acceptors (Lipinski definition) is 4. The van der Waals surface area contributed by atoms with Crippen molar-refractivity contribution in [3.05, 3.63) is 21.3 Å². The number of carbonyl (C=O) groups is 1. The number of ketones is 1. The second-order valence-corrected chi connectivity index (χ2v) is 4.61. The van der Waals surface area contributed by atoms with Gasteiger partial charge >= 0.3 is 5.82 Å². The first kappa shape index (κ1) is 12.0. The fourth-order valence-corrected chi connectivity index (χ4v) is 2.35. The topological polar surface area (TPSA) is 78.0 Å². The smallest absolute Gasteiger partial charge is 0.358 e. The molecule has 0 saturated heterocycles. The Labute approximate surface area is 103 Å². The number of aromatic nitrogens is 2. The molecular weight excluding hydrogens is 246 g/mol. The van der Waals surface area contributed by atoms with E-state index in [2.05, 4.69) is 5.10 Å². The largest absolute Gasteiger partial charge is 0.408 e. The number of halogens is 1. The third-order valence-electron chi connectivity index (χ3n) is 3.00. The zero-order valence-corrected chi connectivity index (χ0v) is 9.89. The molecule has 0 N–H and O–H groups in total. The summed E-state index contributed by atoms with van der Waals surface area (Å²) in [6, 6.07) is 0. The maximum atomic E-state index is 11.8. The number of nitro groups is 1. The summed E-state index contributed by atoms with van der Waals surface area (Å²) in [7, 11) is 0. The van der Waals surface area contributed by atoms with Crippen LogP contribution in [0, 0.1) is 16.0 Å². The molecule has 0 amide bonds. The van der Waals surface area contributed by atoms with Crippen molar-refractivity contribution in [3.63, 3.8) is 0 Å². The SMILES string of the molecule is O=C(Cn1cc(Cl)c([N+](=O)[O-])n1)C1CCCC1. The Morgan fingerprint density at radius 3 is 2.76 bits per heavy atom. The van der Waals surface area contributed by atoms with Crippen LogP contribution in [0.1, 0.15) is 25.7 Å². The highest BCUT2D eigenvalue weighted by Gasteiger charge is 2.25. The Balaban J connectivity index is 2.05. The van der Waals surface area contributed by atoms with E-state index in [-0.39, 0.29) is 23.3 Å². The van der Waals surface area contributed by atoms with Gasteiger partial charge in [-0.3, -0.25) is 4.79 Å². The van der Waals surface area contributed by atoms with Gasteiger partial charge in [-0.2, -0.15) is 4.68 Å². The van der Waals surface area contributed by atoms with Crippen LogP contribution in [0.3, 0.4) is 0 Å². The summed E-state index contributed by atoms with van der Waals surface area (Å²) >= 11 is 5.65. The third-order valence-corrected chi connectivity index (χ3v) is 3.27. The normalized spacial score (nSPS) is 16.3. The minimum atomic E-state index is -0.654. The molecule has 0 aromatic carbocycles. The lowest BCUT2D eigenvalue weighted by atomic mass is 10.0. The molecule has 1 saturated carbocycles. The summed E-state index contributed by atoms with van der Waals surface area (Å²) in [6.45, 7) is 0.0677. The monoisotopic (exact) mass is 257 g/mol. The first-order valence-corrected chi connectivity index (χ1v) is 5.86. The lowest BCUT2D eigenvalue weighted by Gasteiger charge is -2.05. The van der Waals surface area contributed by atoms with Crippen LogP contribution in [-0.4, -0.2) is 20.5 Å². The van der Waals surface area contributed by atoms with Crippen LogP contribution in [0.4, 0.5) is 5.82 Å². The van der Waals surface area contributed by atoms with Gasteiger partial charge in [-0.05, 0) is 17.8 Å². The number of rotatable bonds is 4. The molecule has 1 heterocycles. The van der Waals surface area contributed by atoms with Crippen LogP contribution >= 0.6 is 11.6 Å². The first-order valence-electron chi connectivity index (χ1n) is 5.48. The second kappa shape index (κ2) is 4.83. The summed E-state index contributed by atoms with van der Waals surface area (Å²) in [6.07, 6.45) is 5.31. The van der Waals surface area contributed by atoms with E-state index in [1.54, 1.807) is 0 Å². The van der Waals surface area contributed by atoms with Gasteiger partial charge < -0.3 is 10.1 Å². The van der Waals surface area contributed by atoms with Crippen molar-refractivity contribution >= 4 is 23.2 Å². The number of carbonyl (C=O) groups excluding carboxylic acids is 1. The van der Waals surface area contributed by atoms with Crippen LogP contribution in [0.15, 0.2) is 6.20 Å². The second-order valence-electron chi connectivity index (χ2n) is 4.20. The van der Waals surface area contributed by atoms with E-state index in [0.717, 1.165) is 25.7 Å². The van der Waals surface area contributed by atoms with Gasteiger partial charge in [-0.1, -0.05) is 24.4 Å². The summed E-state index contributed by atoms with van der Waals surface area (Å²) in [5.41, 5.74) is 0. The molecule has 1 fully saturated rings. The van der Waals surface area contributed by atoms with Gasteiger partial charge in [0.25, 0.3) is 0 Å². The van der Waals surface area contributed by atoms with Gasteiger partial charge in [-0.15, -0.1) is 0 Å². The lowest BCUT2D eigenvalue weighted by Crippen LogP contribution is -2.18. The van der Waals surface area contributed by atoms with Crippen molar-refractivity contribution in [2.75, 3.05) is 0 Å². The van der Waals surface area contributed by atoms with E-state index in [0.29, 0.717) is 0 Å². The summed E-state index contributed by atoms with van der Waals surface area (Å²) in [4.78, 5) is 21.7. The van der Waals surface area contributed by atoms with Crippen molar-refractivity contribution in [1.82, 2.24) is 9.78 Å². The van der Waals surface area contributed by atoms with Crippen molar-refractivity contribution in [2.24, 2.45) is 5.92 Å². The van der Waals surface area contributed by atoms with Crippen LogP contribution in [0.2, 0.25) is 5.02 Å². The van der Waals surface area contributed by atoms with E-state index in [1.165, 1.54) is 10.9 Å². The van der Waals surface area contributed by atoms with Crippen molar-refractivity contribution < 1.29 is 9.72 Å². The van der Waals surface area contributed by atoms with Crippen LogP contribution in [-0.2, 0) is 11.3 Å². The van der Waals surface area contributed by atoms with E-state index in [9.17, 15) is 14.9 Å². The Kier molecular flexibility index (Phi) is 3.42. The molecule has 0 bridgehead atoms. The molecule has 0 atom stereocenters. The van der Waals surface area contributed by atoms with Crippen molar-refractivity contribution in [2.45, 2.75) is 32.2 Å². The van der Waals surface area contributed by atoms with Crippen molar-refractivity contribution in [3.8, 4) is 0 Å². The maximum absolute atomic E-state index is 11.8. The molecule has 2 rings (SSSR count). The minimum Gasteiger partial charge on any atom is -0.358 e. The number of hydrogen-bond donors (Lipinski definition) is 0.